The molecule has 0 fully saturated rings. The van der Waals surface area contributed by atoms with Crippen molar-refractivity contribution in [3.63, 3.8) is 0 Å². The van der Waals surface area contributed by atoms with Gasteiger partial charge in [0.15, 0.2) is 5.65 Å². The molecule has 0 aliphatic carbocycles. The minimum Gasteiger partial charge on any atom is -0.497 e. The second-order valence-electron chi connectivity index (χ2n) is 6.53. The Hall–Kier alpha value is -3.91. The minimum atomic E-state index is -0.223. The number of amides is 1. The number of hydrogen-bond donors (Lipinski definition) is 1. The quantitative estimate of drug-likeness (QED) is 0.494. The van der Waals surface area contributed by atoms with Gasteiger partial charge in [-0.1, -0.05) is 6.07 Å². The molecule has 0 spiro atoms. The first-order valence-electron chi connectivity index (χ1n) is 9.28. The van der Waals surface area contributed by atoms with E-state index in [1.54, 1.807) is 42.9 Å². The first-order chi connectivity index (χ1) is 14.6. The lowest BCUT2D eigenvalue weighted by Crippen LogP contribution is -2.25. The zero-order valence-corrected chi connectivity index (χ0v) is 16.9. The van der Waals surface area contributed by atoms with Crippen LogP contribution in [0.15, 0.2) is 66.7 Å². The average molecular weight is 403 g/mol. The molecule has 0 atom stereocenters. The molecule has 8 heteroatoms. The third-order valence-electron chi connectivity index (χ3n) is 4.69. The number of nitrogens with zero attached hydrogens (tertiary/aromatic N) is 4. The molecule has 2 aromatic carbocycles. The van der Waals surface area contributed by atoms with Gasteiger partial charge in [-0.25, -0.2) is 9.58 Å². The first kappa shape index (κ1) is 19.4. The summed E-state index contributed by atoms with van der Waals surface area (Å²) >= 11 is 0. The highest BCUT2D eigenvalue weighted by atomic mass is 16.7. The van der Waals surface area contributed by atoms with Crippen LogP contribution in [0.1, 0.15) is 10.4 Å². The van der Waals surface area contributed by atoms with Crippen LogP contribution in [0.3, 0.4) is 0 Å². The molecular weight excluding hydrogens is 382 g/mol. The van der Waals surface area contributed by atoms with Crippen molar-refractivity contribution in [2.24, 2.45) is 0 Å². The van der Waals surface area contributed by atoms with Crippen LogP contribution < -0.4 is 10.1 Å². The van der Waals surface area contributed by atoms with E-state index in [1.165, 1.54) is 12.2 Å². The van der Waals surface area contributed by atoms with Crippen LogP contribution in [-0.2, 0) is 4.84 Å². The number of fused-ring (bicyclic) bond motifs is 1. The van der Waals surface area contributed by atoms with E-state index in [0.29, 0.717) is 11.5 Å². The predicted molar refractivity (Wildman–Crippen MR) is 114 cm³/mol. The first-order valence-corrected chi connectivity index (χ1v) is 9.28. The van der Waals surface area contributed by atoms with Crippen LogP contribution in [0.25, 0.3) is 16.9 Å². The molecule has 1 amide bonds. The van der Waals surface area contributed by atoms with Gasteiger partial charge in [0.2, 0.25) is 5.95 Å². The molecule has 8 nitrogen and oxygen atoms in total. The number of carbonyl (C=O) groups is 1. The molecule has 0 saturated carbocycles. The number of carbonyl (C=O) groups excluding carboxylic acids is 1. The minimum absolute atomic E-state index is 0.223. The Kier molecular flexibility index (Phi) is 5.32. The Morgan fingerprint density at radius 2 is 1.73 bits per heavy atom. The summed E-state index contributed by atoms with van der Waals surface area (Å²) in [6.45, 7) is 0. The van der Waals surface area contributed by atoms with Crippen molar-refractivity contribution in [2.45, 2.75) is 0 Å². The molecule has 0 radical (unpaired) electrons. The van der Waals surface area contributed by atoms with Gasteiger partial charge in [0.05, 0.1) is 19.9 Å². The van der Waals surface area contributed by atoms with Crippen LogP contribution in [0.2, 0.25) is 0 Å². The van der Waals surface area contributed by atoms with Gasteiger partial charge in [0.25, 0.3) is 5.91 Å². The van der Waals surface area contributed by atoms with Crippen LogP contribution in [0.5, 0.6) is 5.75 Å². The van der Waals surface area contributed by atoms with Gasteiger partial charge in [-0.05, 0) is 60.7 Å². The number of aromatic nitrogens is 3. The highest BCUT2D eigenvalue weighted by Crippen LogP contribution is 2.24. The lowest BCUT2D eigenvalue weighted by atomic mass is 10.1. The zero-order chi connectivity index (χ0) is 21.1. The van der Waals surface area contributed by atoms with Gasteiger partial charge in [-0.15, -0.1) is 5.10 Å². The highest BCUT2D eigenvalue weighted by molar-refractivity contribution is 5.93. The van der Waals surface area contributed by atoms with Gasteiger partial charge in [0.1, 0.15) is 5.75 Å². The summed E-state index contributed by atoms with van der Waals surface area (Å²) in [7, 11) is 4.65. The molecule has 2 aromatic heterocycles. The fourth-order valence-electron chi connectivity index (χ4n) is 3.03. The van der Waals surface area contributed by atoms with E-state index >= 15 is 0 Å². The molecule has 152 valence electrons. The lowest BCUT2D eigenvalue weighted by Gasteiger charge is -2.13. The summed E-state index contributed by atoms with van der Waals surface area (Å²) < 4.78 is 7.02. The largest absolute Gasteiger partial charge is 0.497 e. The van der Waals surface area contributed by atoms with E-state index in [9.17, 15) is 4.79 Å². The van der Waals surface area contributed by atoms with E-state index in [0.717, 1.165) is 28.3 Å². The summed E-state index contributed by atoms with van der Waals surface area (Å²) in [6.07, 6.45) is 0. The summed E-state index contributed by atoms with van der Waals surface area (Å²) in [5, 5.41) is 8.95. The van der Waals surface area contributed by atoms with Crippen LogP contribution in [0, 0.1) is 0 Å². The van der Waals surface area contributed by atoms with Crippen LogP contribution in [-0.4, -0.2) is 46.8 Å². The zero-order valence-electron chi connectivity index (χ0n) is 16.9. The van der Waals surface area contributed by atoms with Crippen molar-refractivity contribution in [3.8, 4) is 17.0 Å². The molecule has 0 bridgehead atoms. The predicted octanol–water partition coefficient (Wildman–Crippen LogP) is 3.78. The normalized spacial score (nSPS) is 10.8. The standard InChI is InChI=1S/C22H21N5O3/c1-26(30-3)21(28)16-7-11-17(12-8-16)23-22-24-20-6-4-5-19(27(20)25-22)15-9-13-18(29-2)14-10-15/h4-14H,1-3H3,(H,23,25). The number of methoxy groups -OCH3 is 1. The average Bonchev–Trinajstić information content (AvgIpc) is 3.21. The summed E-state index contributed by atoms with van der Waals surface area (Å²) in [5.74, 6) is 1.04. The second-order valence-corrected chi connectivity index (χ2v) is 6.53. The van der Waals surface area contributed by atoms with Gasteiger partial charge in [-0.3, -0.25) is 9.63 Å². The Balaban J connectivity index is 1.59. The molecule has 4 aromatic rings. The number of anilines is 2. The topological polar surface area (TPSA) is 81.0 Å². The highest BCUT2D eigenvalue weighted by Gasteiger charge is 2.12. The van der Waals surface area contributed by atoms with Crippen molar-refractivity contribution in [3.05, 3.63) is 72.3 Å². The van der Waals surface area contributed by atoms with Gasteiger partial charge in [-0.2, -0.15) is 4.98 Å². The van der Waals surface area contributed by atoms with E-state index in [-0.39, 0.29) is 5.91 Å². The molecule has 0 saturated heterocycles. The number of hydroxylamine groups is 2. The van der Waals surface area contributed by atoms with Crippen molar-refractivity contribution >= 4 is 23.2 Å². The van der Waals surface area contributed by atoms with Gasteiger partial charge < -0.3 is 10.1 Å². The van der Waals surface area contributed by atoms with Crippen molar-refractivity contribution in [1.82, 2.24) is 19.7 Å². The van der Waals surface area contributed by atoms with Crippen molar-refractivity contribution in [1.29, 1.82) is 0 Å². The van der Waals surface area contributed by atoms with Gasteiger partial charge >= 0.3 is 0 Å². The molecule has 1 N–H and O–H groups in total. The fourth-order valence-corrected chi connectivity index (χ4v) is 3.03. The molecule has 0 aliphatic rings. The Bertz CT molecular complexity index is 1170. The maximum absolute atomic E-state index is 12.1. The second kappa shape index (κ2) is 8.22. The molecule has 4 rings (SSSR count). The van der Waals surface area contributed by atoms with E-state index in [2.05, 4.69) is 15.4 Å². The molecule has 30 heavy (non-hydrogen) atoms. The summed E-state index contributed by atoms with van der Waals surface area (Å²) in [5.41, 5.74) is 3.93. The Labute approximate surface area is 173 Å². The van der Waals surface area contributed by atoms with E-state index in [1.807, 2.05) is 42.5 Å². The summed E-state index contributed by atoms with van der Waals surface area (Å²) in [4.78, 5) is 21.6. The fraction of sp³-hybridized carbons (Fsp3) is 0.136. The number of ether oxygens (including phenoxy) is 1. The maximum atomic E-state index is 12.1. The Morgan fingerprint density at radius 1 is 1.00 bits per heavy atom. The Morgan fingerprint density at radius 3 is 2.40 bits per heavy atom. The van der Waals surface area contributed by atoms with E-state index in [4.69, 9.17) is 9.57 Å². The maximum Gasteiger partial charge on any atom is 0.277 e. The van der Waals surface area contributed by atoms with Crippen molar-refractivity contribution < 1.29 is 14.4 Å². The summed E-state index contributed by atoms with van der Waals surface area (Å²) in [6, 6.07) is 20.7. The van der Waals surface area contributed by atoms with Crippen molar-refractivity contribution in [2.75, 3.05) is 26.6 Å². The number of pyridine rings is 1. The third kappa shape index (κ3) is 3.81. The smallest absolute Gasteiger partial charge is 0.277 e. The molecule has 0 aliphatic heterocycles. The SMILES string of the molecule is COc1ccc(-c2cccc3nc(Nc4ccc(C(=O)N(C)OC)cc4)nn23)cc1. The van der Waals surface area contributed by atoms with E-state index < -0.39 is 0 Å². The number of nitrogens with one attached hydrogen (secondary N) is 1. The molecule has 0 unspecified atom stereocenters. The third-order valence-corrected chi connectivity index (χ3v) is 4.69. The lowest BCUT2D eigenvalue weighted by molar-refractivity contribution is -0.0756. The monoisotopic (exact) mass is 403 g/mol. The van der Waals surface area contributed by atoms with Gasteiger partial charge in [0, 0.05) is 23.9 Å². The number of hydrogen-bond acceptors (Lipinski definition) is 6. The van der Waals surface area contributed by atoms with Crippen LogP contribution in [0.4, 0.5) is 11.6 Å². The molecule has 2 heterocycles. The van der Waals surface area contributed by atoms with Crippen LogP contribution >= 0.6 is 0 Å². The molecular formula is C22H21N5O3. The number of rotatable bonds is 6. The number of benzene rings is 2.